The molecule has 0 saturated carbocycles. The summed E-state index contributed by atoms with van der Waals surface area (Å²) in [6.07, 6.45) is 3.51. The molecule has 0 radical (unpaired) electrons. The second-order valence-corrected chi connectivity index (χ2v) is 5.90. The largest absolute Gasteiger partial charge is 0.342 e. The van der Waals surface area contributed by atoms with Crippen molar-refractivity contribution < 1.29 is 8.78 Å². The number of para-hydroxylation sites is 1. The minimum absolute atomic E-state index is 0.183. The van der Waals surface area contributed by atoms with Crippen molar-refractivity contribution in [3.05, 3.63) is 89.8 Å². The second-order valence-electron chi connectivity index (χ2n) is 5.49. The van der Waals surface area contributed by atoms with Crippen molar-refractivity contribution in [3.8, 4) is 0 Å². The van der Waals surface area contributed by atoms with Gasteiger partial charge >= 0.3 is 0 Å². The molecule has 3 aromatic rings. The van der Waals surface area contributed by atoms with Crippen LogP contribution in [-0.2, 0) is 6.54 Å². The number of aromatic nitrogens is 1. The van der Waals surface area contributed by atoms with E-state index in [9.17, 15) is 8.78 Å². The van der Waals surface area contributed by atoms with Gasteiger partial charge in [-0.25, -0.2) is 8.78 Å². The van der Waals surface area contributed by atoms with Gasteiger partial charge in [0.05, 0.1) is 17.6 Å². The monoisotopic (exact) mass is 370 g/mol. The van der Waals surface area contributed by atoms with Crippen LogP contribution < -0.4 is 10.7 Å². The van der Waals surface area contributed by atoms with Gasteiger partial charge in [-0.1, -0.05) is 24.3 Å². The molecule has 0 aliphatic heterocycles. The summed E-state index contributed by atoms with van der Waals surface area (Å²) in [7, 11) is 0. The van der Waals surface area contributed by atoms with E-state index in [-0.39, 0.29) is 16.6 Å². The molecule has 4 nitrogen and oxygen atoms in total. The summed E-state index contributed by atoms with van der Waals surface area (Å²) >= 11 is 5.10. The van der Waals surface area contributed by atoms with E-state index in [4.69, 9.17) is 12.2 Å². The summed E-state index contributed by atoms with van der Waals surface area (Å²) < 4.78 is 28.5. The van der Waals surface area contributed by atoms with Gasteiger partial charge in [-0.15, -0.1) is 0 Å². The van der Waals surface area contributed by atoms with Gasteiger partial charge in [-0.05, 0) is 54.2 Å². The van der Waals surface area contributed by atoms with Gasteiger partial charge in [0.1, 0.15) is 11.6 Å². The summed E-state index contributed by atoms with van der Waals surface area (Å²) in [4.78, 5) is 0. The summed E-state index contributed by atoms with van der Waals surface area (Å²) in [6, 6.07) is 16.4. The van der Waals surface area contributed by atoms with Crippen molar-refractivity contribution in [1.29, 1.82) is 0 Å². The second kappa shape index (κ2) is 8.35. The number of hydrogen-bond donors (Lipinski definition) is 2. The van der Waals surface area contributed by atoms with Gasteiger partial charge < -0.3 is 9.88 Å². The van der Waals surface area contributed by atoms with Crippen molar-refractivity contribution in [2.75, 3.05) is 5.32 Å². The van der Waals surface area contributed by atoms with Crippen LogP contribution in [0, 0.1) is 11.6 Å². The van der Waals surface area contributed by atoms with Crippen molar-refractivity contribution in [2.24, 2.45) is 5.10 Å². The Bertz CT molecular complexity index is 919. The molecule has 0 saturated heterocycles. The normalized spacial score (nSPS) is 10.8. The average Bonchev–Trinajstić information content (AvgIpc) is 3.06. The number of rotatable bonds is 5. The highest BCUT2D eigenvalue weighted by atomic mass is 32.1. The highest BCUT2D eigenvalue weighted by Gasteiger charge is 2.03. The standard InChI is InChI=1S/C19H16F2N4S/c20-15-9-7-14(8-10-15)13-25-11-3-4-16(25)12-22-24-19(26)23-18-6-2-1-5-17(18)21/h1-12H,13H2,(H2,23,24,26). The zero-order valence-corrected chi connectivity index (χ0v) is 14.5. The van der Waals surface area contributed by atoms with E-state index < -0.39 is 5.82 Å². The van der Waals surface area contributed by atoms with Crippen LogP contribution in [0.15, 0.2) is 72.0 Å². The highest BCUT2D eigenvalue weighted by Crippen LogP contribution is 2.12. The van der Waals surface area contributed by atoms with Crippen molar-refractivity contribution >= 4 is 29.2 Å². The number of thiocarbonyl (C=S) groups is 1. The quantitative estimate of drug-likeness (QED) is 0.403. The molecule has 1 aromatic heterocycles. The van der Waals surface area contributed by atoms with E-state index in [1.807, 2.05) is 22.9 Å². The van der Waals surface area contributed by atoms with Crippen LogP contribution in [0.4, 0.5) is 14.5 Å². The molecule has 0 aliphatic rings. The number of hydrazone groups is 1. The number of benzene rings is 2. The van der Waals surface area contributed by atoms with Crippen LogP contribution in [0.3, 0.4) is 0 Å². The Morgan fingerprint density at radius 2 is 1.81 bits per heavy atom. The van der Waals surface area contributed by atoms with Crippen LogP contribution in [0.25, 0.3) is 0 Å². The van der Waals surface area contributed by atoms with Gasteiger partial charge in [0.2, 0.25) is 0 Å². The third-order valence-corrected chi connectivity index (χ3v) is 3.81. The number of anilines is 1. The van der Waals surface area contributed by atoms with Gasteiger partial charge in [0, 0.05) is 12.7 Å². The van der Waals surface area contributed by atoms with Crippen molar-refractivity contribution in [2.45, 2.75) is 6.54 Å². The molecule has 0 fully saturated rings. The first-order valence-corrected chi connectivity index (χ1v) is 8.27. The summed E-state index contributed by atoms with van der Waals surface area (Å²) in [5.74, 6) is -0.656. The zero-order valence-electron chi connectivity index (χ0n) is 13.7. The van der Waals surface area contributed by atoms with E-state index in [1.54, 1.807) is 36.5 Å². The molecule has 0 bridgehead atoms. The lowest BCUT2D eigenvalue weighted by atomic mass is 10.2. The molecule has 0 atom stereocenters. The molecule has 0 spiro atoms. The number of hydrogen-bond acceptors (Lipinski definition) is 2. The number of halogens is 2. The minimum Gasteiger partial charge on any atom is -0.342 e. The van der Waals surface area contributed by atoms with E-state index in [0.29, 0.717) is 6.54 Å². The van der Waals surface area contributed by atoms with Crippen LogP contribution >= 0.6 is 12.2 Å². The van der Waals surface area contributed by atoms with E-state index in [2.05, 4.69) is 15.8 Å². The van der Waals surface area contributed by atoms with E-state index in [1.165, 1.54) is 18.2 Å². The first kappa shape index (κ1) is 17.8. The zero-order chi connectivity index (χ0) is 18.4. The lowest BCUT2D eigenvalue weighted by Gasteiger charge is -2.08. The summed E-state index contributed by atoms with van der Waals surface area (Å²) in [5.41, 5.74) is 4.75. The molecule has 2 aromatic carbocycles. The molecule has 2 N–H and O–H groups in total. The van der Waals surface area contributed by atoms with E-state index in [0.717, 1.165) is 11.3 Å². The lowest BCUT2D eigenvalue weighted by molar-refractivity contribution is 0.626. The molecular weight excluding hydrogens is 354 g/mol. The van der Waals surface area contributed by atoms with Crippen LogP contribution in [-0.4, -0.2) is 15.9 Å². The third kappa shape index (κ3) is 4.73. The lowest BCUT2D eigenvalue weighted by Crippen LogP contribution is -2.24. The van der Waals surface area contributed by atoms with Crippen molar-refractivity contribution in [1.82, 2.24) is 9.99 Å². The topological polar surface area (TPSA) is 41.4 Å². The maximum absolute atomic E-state index is 13.6. The number of nitrogens with zero attached hydrogens (tertiary/aromatic N) is 2. The maximum Gasteiger partial charge on any atom is 0.191 e. The SMILES string of the molecule is Fc1ccc(Cn2cccc2C=NNC(=S)Nc2ccccc2F)cc1. The van der Waals surface area contributed by atoms with Crippen LogP contribution in [0.2, 0.25) is 0 Å². The Kier molecular flexibility index (Phi) is 5.70. The predicted octanol–water partition coefficient (Wildman–Crippen LogP) is 4.14. The van der Waals surface area contributed by atoms with Crippen LogP contribution in [0.1, 0.15) is 11.3 Å². The Labute approximate surface area is 155 Å². The smallest absolute Gasteiger partial charge is 0.191 e. The summed E-state index contributed by atoms with van der Waals surface area (Å²) in [6.45, 7) is 0.590. The molecule has 1 heterocycles. The van der Waals surface area contributed by atoms with Gasteiger partial charge in [0.15, 0.2) is 5.11 Å². The van der Waals surface area contributed by atoms with Crippen LogP contribution in [0.5, 0.6) is 0 Å². The molecule has 7 heteroatoms. The summed E-state index contributed by atoms with van der Waals surface area (Å²) in [5, 5.41) is 7.00. The Balaban J connectivity index is 1.59. The number of nitrogens with one attached hydrogen (secondary N) is 2. The molecule has 0 aliphatic carbocycles. The Morgan fingerprint density at radius 3 is 2.58 bits per heavy atom. The first-order valence-electron chi connectivity index (χ1n) is 7.86. The average molecular weight is 370 g/mol. The van der Waals surface area contributed by atoms with E-state index >= 15 is 0 Å². The minimum atomic E-state index is -0.395. The Hall–Kier alpha value is -3.06. The molecule has 3 rings (SSSR count). The molecule has 0 amide bonds. The van der Waals surface area contributed by atoms with Crippen molar-refractivity contribution in [3.63, 3.8) is 0 Å². The fourth-order valence-corrected chi connectivity index (χ4v) is 2.51. The highest BCUT2D eigenvalue weighted by molar-refractivity contribution is 7.80. The fourth-order valence-electron chi connectivity index (χ4n) is 2.34. The fraction of sp³-hybridized carbons (Fsp3) is 0.0526. The van der Waals surface area contributed by atoms with Gasteiger partial charge in [-0.2, -0.15) is 5.10 Å². The Morgan fingerprint density at radius 1 is 1.04 bits per heavy atom. The molecule has 132 valence electrons. The third-order valence-electron chi connectivity index (χ3n) is 3.62. The maximum atomic E-state index is 13.6. The first-order chi connectivity index (χ1) is 12.6. The van der Waals surface area contributed by atoms with Gasteiger partial charge in [0.25, 0.3) is 0 Å². The molecular formula is C19H16F2N4S. The molecule has 26 heavy (non-hydrogen) atoms. The predicted molar refractivity (Wildman–Crippen MR) is 103 cm³/mol. The van der Waals surface area contributed by atoms with Gasteiger partial charge in [-0.3, -0.25) is 5.43 Å². The molecule has 0 unspecified atom stereocenters.